The standard InChI is InChI=1S/C18H13BrN4OS3/c1-10(25-18-20-13-4-2-3-5-14(13)26-18)15(24)21-17-23-22-16(27-17)11-6-8-12(19)9-7-11/h2-10H,1H3,(H,21,23,24). The number of fused-ring (bicyclic) bond motifs is 1. The number of nitrogens with zero attached hydrogens (tertiary/aromatic N) is 3. The van der Waals surface area contributed by atoms with Crippen LogP contribution in [0, 0.1) is 0 Å². The van der Waals surface area contributed by atoms with Gasteiger partial charge in [-0.3, -0.25) is 10.1 Å². The quantitative estimate of drug-likeness (QED) is 0.374. The maximum absolute atomic E-state index is 12.5. The molecule has 0 bridgehead atoms. The Labute approximate surface area is 176 Å². The summed E-state index contributed by atoms with van der Waals surface area (Å²) in [4.78, 5) is 17.1. The van der Waals surface area contributed by atoms with E-state index in [1.165, 1.54) is 23.1 Å². The molecular formula is C18H13BrN4OS3. The van der Waals surface area contributed by atoms with E-state index in [-0.39, 0.29) is 11.2 Å². The van der Waals surface area contributed by atoms with Crippen LogP contribution in [0.5, 0.6) is 0 Å². The van der Waals surface area contributed by atoms with Gasteiger partial charge < -0.3 is 0 Å². The lowest BCUT2D eigenvalue weighted by Crippen LogP contribution is -2.22. The molecule has 0 aliphatic heterocycles. The lowest BCUT2D eigenvalue weighted by atomic mass is 10.2. The second-order valence-electron chi connectivity index (χ2n) is 5.62. The van der Waals surface area contributed by atoms with Crippen molar-refractivity contribution in [3.05, 3.63) is 53.0 Å². The lowest BCUT2D eigenvalue weighted by molar-refractivity contribution is -0.115. The number of aromatic nitrogens is 3. The van der Waals surface area contributed by atoms with Crippen LogP contribution in [0.25, 0.3) is 20.8 Å². The highest BCUT2D eigenvalue weighted by atomic mass is 79.9. The van der Waals surface area contributed by atoms with Crippen LogP contribution in [-0.4, -0.2) is 26.3 Å². The van der Waals surface area contributed by atoms with Gasteiger partial charge in [0.15, 0.2) is 4.34 Å². The van der Waals surface area contributed by atoms with E-state index in [9.17, 15) is 4.79 Å². The Balaban J connectivity index is 1.41. The van der Waals surface area contributed by atoms with Gasteiger partial charge in [-0.25, -0.2) is 4.98 Å². The zero-order valence-electron chi connectivity index (χ0n) is 14.0. The molecule has 1 unspecified atom stereocenters. The van der Waals surface area contributed by atoms with Crippen molar-refractivity contribution >= 4 is 71.6 Å². The number of hydrogen-bond donors (Lipinski definition) is 1. The number of nitrogens with one attached hydrogen (secondary N) is 1. The van der Waals surface area contributed by atoms with Gasteiger partial charge in [0, 0.05) is 10.0 Å². The van der Waals surface area contributed by atoms with Crippen molar-refractivity contribution in [2.45, 2.75) is 16.5 Å². The molecule has 0 spiro atoms. The molecule has 136 valence electrons. The molecule has 4 rings (SSSR count). The van der Waals surface area contributed by atoms with Crippen LogP contribution in [-0.2, 0) is 4.79 Å². The van der Waals surface area contributed by atoms with Crippen molar-refractivity contribution in [1.82, 2.24) is 15.2 Å². The number of hydrogen-bond acceptors (Lipinski definition) is 7. The third-order valence-corrected chi connectivity index (χ3v) is 7.31. The third-order valence-electron chi connectivity index (χ3n) is 3.67. The molecule has 1 N–H and O–H groups in total. The molecule has 4 aromatic rings. The molecule has 2 aromatic heterocycles. The van der Waals surface area contributed by atoms with E-state index in [2.05, 4.69) is 36.4 Å². The van der Waals surface area contributed by atoms with E-state index in [0.29, 0.717) is 5.13 Å². The van der Waals surface area contributed by atoms with Gasteiger partial charge in [-0.1, -0.05) is 63.3 Å². The van der Waals surface area contributed by atoms with E-state index in [1.54, 1.807) is 11.3 Å². The fraction of sp³-hybridized carbons (Fsp3) is 0.111. The number of amides is 1. The van der Waals surface area contributed by atoms with Crippen molar-refractivity contribution in [2.24, 2.45) is 0 Å². The fourth-order valence-corrected chi connectivity index (χ4v) is 5.52. The maximum Gasteiger partial charge on any atom is 0.239 e. The van der Waals surface area contributed by atoms with E-state index in [4.69, 9.17) is 0 Å². The predicted octanol–water partition coefficient (Wildman–Crippen LogP) is 5.70. The van der Waals surface area contributed by atoms with Crippen LogP contribution < -0.4 is 5.32 Å². The minimum Gasteiger partial charge on any atom is -0.300 e. The van der Waals surface area contributed by atoms with Crippen molar-refractivity contribution < 1.29 is 4.79 Å². The molecule has 0 radical (unpaired) electrons. The normalized spacial score (nSPS) is 12.2. The van der Waals surface area contributed by atoms with Gasteiger partial charge >= 0.3 is 0 Å². The highest BCUT2D eigenvalue weighted by Gasteiger charge is 2.19. The van der Waals surface area contributed by atoms with Crippen LogP contribution in [0.2, 0.25) is 0 Å². The monoisotopic (exact) mass is 476 g/mol. The number of thioether (sulfide) groups is 1. The van der Waals surface area contributed by atoms with Crippen LogP contribution >= 0.6 is 50.4 Å². The number of carbonyl (C=O) groups is 1. The summed E-state index contributed by atoms with van der Waals surface area (Å²) in [5, 5.41) is 12.1. The van der Waals surface area contributed by atoms with E-state index >= 15 is 0 Å². The van der Waals surface area contributed by atoms with Gasteiger partial charge in [0.05, 0.1) is 15.5 Å². The molecular weight excluding hydrogens is 464 g/mol. The Morgan fingerprint density at radius 1 is 1.11 bits per heavy atom. The summed E-state index contributed by atoms with van der Waals surface area (Å²) in [6.07, 6.45) is 0. The Hall–Kier alpha value is -1.81. The molecule has 0 saturated carbocycles. The Bertz CT molecular complexity index is 1060. The van der Waals surface area contributed by atoms with E-state index in [1.807, 2.05) is 55.5 Å². The van der Waals surface area contributed by atoms with Crippen molar-refractivity contribution in [3.63, 3.8) is 0 Å². The van der Waals surface area contributed by atoms with Gasteiger partial charge in [0.2, 0.25) is 11.0 Å². The summed E-state index contributed by atoms with van der Waals surface area (Å²) in [6.45, 7) is 1.86. The first kappa shape index (κ1) is 18.5. The predicted molar refractivity (Wildman–Crippen MR) is 117 cm³/mol. The van der Waals surface area contributed by atoms with Gasteiger partial charge in [-0.2, -0.15) is 0 Å². The number of halogens is 1. The molecule has 0 aliphatic carbocycles. The molecule has 5 nitrogen and oxygen atoms in total. The van der Waals surface area contributed by atoms with Gasteiger partial charge in [0.1, 0.15) is 5.01 Å². The summed E-state index contributed by atoms with van der Waals surface area (Å²) in [5.41, 5.74) is 1.92. The van der Waals surface area contributed by atoms with E-state index in [0.717, 1.165) is 29.6 Å². The zero-order chi connectivity index (χ0) is 18.8. The molecule has 2 heterocycles. The Morgan fingerprint density at radius 3 is 2.67 bits per heavy atom. The summed E-state index contributed by atoms with van der Waals surface area (Å²) >= 11 is 7.81. The largest absolute Gasteiger partial charge is 0.300 e. The topological polar surface area (TPSA) is 67.8 Å². The number of carbonyl (C=O) groups excluding carboxylic acids is 1. The molecule has 27 heavy (non-hydrogen) atoms. The second-order valence-corrected chi connectivity index (χ2v) is 10.1. The molecule has 9 heteroatoms. The first-order valence-corrected chi connectivity index (χ1v) is 11.3. The maximum atomic E-state index is 12.5. The zero-order valence-corrected chi connectivity index (χ0v) is 18.1. The third kappa shape index (κ3) is 4.37. The molecule has 0 saturated heterocycles. The molecule has 0 fully saturated rings. The van der Waals surface area contributed by atoms with Gasteiger partial charge in [-0.05, 0) is 31.2 Å². The average Bonchev–Trinajstić information content (AvgIpc) is 3.28. The molecule has 2 aromatic carbocycles. The van der Waals surface area contributed by atoms with E-state index < -0.39 is 0 Å². The molecule has 1 amide bonds. The smallest absolute Gasteiger partial charge is 0.239 e. The Morgan fingerprint density at radius 2 is 1.89 bits per heavy atom. The Kier molecular flexibility index (Phi) is 5.53. The minimum atomic E-state index is -0.286. The highest BCUT2D eigenvalue weighted by Crippen LogP contribution is 2.33. The number of para-hydroxylation sites is 1. The number of benzene rings is 2. The van der Waals surface area contributed by atoms with Gasteiger partial charge in [-0.15, -0.1) is 21.5 Å². The number of rotatable bonds is 5. The highest BCUT2D eigenvalue weighted by molar-refractivity contribution is 9.10. The fourth-order valence-electron chi connectivity index (χ4n) is 2.30. The number of anilines is 1. The van der Waals surface area contributed by atoms with Crippen molar-refractivity contribution in [2.75, 3.05) is 5.32 Å². The average molecular weight is 477 g/mol. The summed E-state index contributed by atoms with van der Waals surface area (Å²) in [7, 11) is 0. The van der Waals surface area contributed by atoms with Crippen LogP contribution in [0.15, 0.2) is 57.3 Å². The van der Waals surface area contributed by atoms with Crippen LogP contribution in [0.3, 0.4) is 0 Å². The number of thiazole rings is 1. The van der Waals surface area contributed by atoms with Crippen LogP contribution in [0.1, 0.15) is 6.92 Å². The SMILES string of the molecule is CC(Sc1nc2ccccc2s1)C(=O)Nc1nnc(-c2ccc(Br)cc2)s1. The van der Waals surface area contributed by atoms with Crippen LogP contribution in [0.4, 0.5) is 5.13 Å². The first-order chi connectivity index (χ1) is 13.1. The first-order valence-electron chi connectivity index (χ1n) is 8.01. The summed E-state index contributed by atoms with van der Waals surface area (Å²) in [5.74, 6) is -0.113. The second kappa shape index (κ2) is 8.05. The van der Waals surface area contributed by atoms with Crippen molar-refractivity contribution in [3.8, 4) is 10.6 Å². The van der Waals surface area contributed by atoms with Crippen molar-refractivity contribution in [1.29, 1.82) is 0 Å². The van der Waals surface area contributed by atoms with Gasteiger partial charge in [0.25, 0.3) is 0 Å². The minimum absolute atomic E-state index is 0.113. The molecule has 0 aliphatic rings. The molecule has 1 atom stereocenters. The summed E-state index contributed by atoms with van der Waals surface area (Å²) in [6, 6.07) is 15.8. The summed E-state index contributed by atoms with van der Waals surface area (Å²) < 4.78 is 3.01. The lowest BCUT2D eigenvalue weighted by Gasteiger charge is -2.07.